The maximum absolute atomic E-state index is 13.4. The maximum Gasteiger partial charge on any atom is 0.328 e. The van der Waals surface area contributed by atoms with E-state index in [1.807, 2.05) is 25.1 Å². The number of carbonyl (C=O) groups excluding carboxylic acids is 3. The number of carbonyl (C=O) groups is 3. The molecule has 9 nitrogen and oxygen atoms in total. The zero-order valence-electron chi connectivity index (χ0n) is 18.2. The summed E-state index contributed by atoms with van der Waals surface area (Å²) in [7, 11) is 1.65. The molecule has 0 radical (unpaired) electrons. The van der Waals surface area contributed by atoms with E-state index in [2.05, 4.69) is 22.0 Å². The molecule has 4 rings (SSSR count). The van der Waals surface area contributed by atoms with Gasteiger partial charge in [-0.15, -0.1) is 0 Å². The average molecular weight is 450 g/mol. The molecule has 1 N–H and O–H groups in total. The van der Waals surface area contributed by atoms with Crippen LogP contribution in [-0.4, -0.2) is 84.4 Å². The number of ether oxygens (including phenoxy) is 1. The fourth-order valence-electron chi connectivity index (χ4n) is 4.78. The first-order chi connectivity index (χ1) is 14.7. The molecule has 3 fully saturated rings. The molecule has 0 spiro atoms. The number of aryl methyl sites for hydroxylation is 1. The number of anilines is 1. The molecule has 3 heterocycles. The maximum atomic E-state index is 13.4. The zero-order chi connectivity index (χ0) is 22.4. The lowest BCUT2D eigenvalue weighted by molar-refractivity contribution is -0.151. The van der Waals surface area contributed by atoms with E-state index in [0.29, 0.717) is 11.6 Å². The second-order valence-corrected chi connectivity index (χ2v) is 8.87. The van der Waals surface area contributed by atoms with Gasteiger partial charge >= 0.3 is 12.0 Å². The van der Waals surface area contributed by atoms with Gasteiger partial charge in [0.15, 0.2) is 0 Å². The highest BCUT2D eigenvalue weighted by atomic mass is 35.5. The molecular formula is C21H28ClN5O4. The van der Waals surface area contributed by atoms with Crippen LogP contribution in [0.25, 0.3) is 0 Å². The van der Waals surface area contributed by atoms with Gasteiger partial charge in [0.2, 0.25) is 0 Å². The van der Waals surface area contributed by atoms with Crippen molar-refractivity contribution >= 4 is 35.2 Å². The van der Waals surface area contributed by atoms with Gasteiger partial charge in [-0.1, -0.05) is 24.6 Å². The van der Waals surface area contributed by atoms with Crippen molar-refractivity contribution in [2.75, 3.05) is 38.2 Å². The Morgan fingerprint density at radius 1 is 1.29 bits per heavy atom. The molecule has 168 valence electrons. The summed E-state index contributed by atoms with van der Waals surface area (Å²) in [6, 6.07) is 4.67. The number of fused-ring (bicyclic) bond motifs is 3. The molecule has 4 atom stereocenters. The number of hydrogen-bond acceptors (Lipinski definition) is 7. The number of nitrogens with one attached hydrogen (secondary N) is 1. The number of nitrogens with zero attached hydrogens (tertiary/aromatic N) is 4. The molecule has 3 amide bonds. The van der Waals surface area contributed by atoms with Gasteiger partial charge in [0, 0.05) is 30.8 Å². The Morgan fingerprint density at radius 2 is 2.03 bits per heavy atom. The number of hydrogen-bond donors (Lipinski definition) is 1. The summed E-state index contributed by atoms with van der Waals surface area (Å²) in [4.78, 5) is 45.0. The van der Waals surface area contributed by atoms with Crippen molar-refractivity contribution in [1.29, 1.82) is 0 Å². The molecule has 3 saturated heterocycles. The second kappa shape index (κ2) is 8.29. The number of imide groups is 1. The molecule has 0 aromatic heterocycles. The Hall–Kier alpha value is -2.36. The van der Waals surface area contributed by atoms with E-state index in [1.54, 1.807) is 14.0 Å². The van der Waals surface area contributed by atoms with Gasteiger partial charge in [-0.05, 0) is 37.5 Å². The Balaban J connectivity index is 1.66. The third-order valence-corrected chi connectivity index (χ3v) is 6.39. The van der Waals surface area contributed by atoms with Gasteiger partial charge in [-0.25, -0.2) is 4.79 Å². The second-order valence-electron chi connectivity index (χ2n) is 8.44. The Labute approximate surface area is 186 Å². The van der Waals surface area contributed by atoms with Crippen LogP contribution in [0.3, 0.4) is 0 Å². The van der Waals surface area contributed by atoms with E-state index < -0.39 is 24.2 Å². The normalized spacial score (nSPS) is 28.6. The number of benzene rings is 1. The number of amides is 3. The number of urea groups is 1. The quantitative estimate of drug-likeness (QED) is 0.696. The van der Waals surface area contributed by atoms with Crippen LogP contribution in [0, 0.1) is 12.8 Å². The average Bonchev–Trinajstić information content (AvgIpc) is 3.10. The topological polar surface area (TPSA) is 85.4 Å². The molecule has 4 unspecified atom stereocenters. The Kier molecular flexibility index (Phi) is 5.85. The van der Waals surface area contributed by atoms with Crippen molar-refractivity contribution in [3.8, 4) is 0 Å². The number of esters is 1. The lowest BCUT2D eigenvalue weighted by Gasteiger charge is -2.46. The van der Waals surface area contributed by atoms with E-state index in [0.717, 1.165) is 22.7 Å². The van der Waals surface area contributed by atoms with Crippen LogP contribution in [0.1, 0.15) is 19.4 Å². The van der Waals surface area contributed by atoms with Crippen LogP contribution in [0.5, 0.6) is 0 Å². The number of halogens is 1. The fourth-order valence-corrected chi connectivity index (χ4v) is 4.94. The summed E-state index contributed by atoms with van der Waals surface area (Å²) in [6.07, 6.45) is -0.763. The predicted molar refractivity (Wildman–Crippen MR) is 115 cm³/mol. The van der Waals surface area contributed by atoms with E-state index in [9.17, 15) is 14.4 Å². The van der Waals surface area contributed by atoms with Gasteiger partial charge in [-0.2, -0.15) is 0 Å². The van der Waals surface area contributed by atoms with Crippen LogP contribution in [0.15, 0.2) is 18.2 Å². The Morgan fingerprint density at radius 3 is 2.74 bits per heavy atom. The summed E-state index contributed by atoms with van der Waals surface area (Å²) >= 11 is 6.28. The standard InChI is InChI=1S/C21H28ClN5O4/c1-5-31-16(28)11-27-19(29)17-18(24(4)21(27)30)23-20-25(9-12(2)10-26(17)20)15-8-14(22)7-6-13(15)3/h6-8,12,17-18,20,23H,5,9-11H2,1-4H3. The van der Waals surface area contributed by atoms with Crippen LogP contribution in [0.4, 0.5) is 10.5 Å². The van der Waals surface area contributed by atoms with E-state index in [1.165, 1.54) is 4.90 Å². The highest BCUT2D eigenvalue weighted by molar-refractivity contribution is 6.30. The number of rotatable bonds is 4. The molecule has 10 heteroatoms. The van der Waals surface area contributed by atoms with E-state index >= 15 is 0 Å². The molecule has 3 aliphatic heterocycles. The van der Waals surface area contributed by atoms with E-state index in [-0.39, 0.29) is 31.3 Å². The molecule has 1 aromatic rings. The third-order valence-electron chi connectivity index (χ3n) is 6.16. The molecule has 3 aliphatic rings. The molecule has 0 saturated carbocycles. The summed E-state index contributed by atoms with van der Waals surface area (Å²) in [5.74, 6) is -0.695. The fraction of sp³-hybridized carbons (Fsp3) is 0.571. The lowest BCUT2D eigenvalue weighted by atomic mass is 10.0. The SMILES string of the molecule is CCOC(=O)CN1C(=O)C2C(NC3N(c4cc(Cl)ccc4C)CC(C)CN23)N(C)C1=O. The largest absolute Gasteiger partial charge is 0.465 e. The van der Waals surface area contributed by atoms with Crippen molar-refractivity contribution in [2.45, 2.75) is 39.3 Å². The monoisotopic (exact) mass is 449 g/mol. The van der Waals surface area contributed by atoms with Crippen LogP contribution in [-0.2, 0) is 14.3 Å². The molecule has 31 heavy (non-hydrogen) atoms. The van der Waals surface area contributed by atoms with Crippen molar-refractivity contribution < 1.29 is 19.1 Å². The molecule has 0 bridgehead atoms. The van der Waals surface area contributed by atoms with Crippen LogP contribution in [0.2, 0.25) is 5.02 Å². The highest BCUT2D eigenvalue weighted by Gasteiger charge is 2.57. The summed E-state index contributed by atoms with van der Waals surface area (Å²) in [5, 5.41) is 4.11. The van der Waals surface area contributed by atoms with Crippen LogP contribution < -0.4 is 10.2 Å². The minimum atomic E-state index is -0.596. The van der Waals surface area contributed by atoms with Crippen molar-refractivity contribution in [3.63, 3.8) is 0 Å². The van der Waals surface area contributed by atoms with Gasteiger partial charge in [0.1, 0.15) is 25.0 Å². The summed E-state index contributed by atoms with van der Waals surface area (Å²) < 4.78 is 4.96. The summed E-state index contributed by atoms with van der Waals surface area (Å²) in [6.45, 7) is 7.13. The first-order valence-corrected chi connectivity index (χ1v) is 10.9. The van der Waals surface area contributed by atoms with Crippen molar-refractivity contribution in [1.82, 2.24) is 20.0 Å². The molecule has 1 aromatic carbocycles. The number of likely N-dealkylation sites (N-methyl/N-ethyl adjacent to an activating group) is 1. The van der Waals surface area contributed by atoms with E-state index in [4.69, 9.17) is 16.3 Å². The van der Waals surface area contributed by atoms with Crippen molar-refractivity contribution in [3.05, 3.63) is 28.8 Å². The van der Waals surface area contributed by atoms with Gasteiger partial charge in [-0.3, -0.25) is 24.7 Å². The minimum Gasteiger partial charge on any atom is -0.465 e. The Bertz CT molecular complexity index is 912. The third kappa shape index (κ3) is 3.75. The molecule has 0 aliphatic carbocycles. The first-order valence-electron chi connectivity index (χ1n) is 10.5. The first kappa shape index (κ1) is 21.9. The van der Waals surface area contributed by atoms with Gasteiger partial charge in [0.05, 0.1) is 6.61 Å². The highest BCUT2D eigenvalue weighted by Crippen LogP contribution is 2.36. The lowest BCUT2D eigenvalue weighted by Crippen LogP contribution is -2.67. The molecular weight excluding hydrogens is 422 g/mol. The summed E-state index contributed by atoms with van der Waals surface area (Å²) in [5.41, 5.74) is 2.07. The zero-order valence-corrected chi connectivity index (χ0v) is 18.9. The predicted octanol–water partition coefficient (Wildman–Crippen LogP) is 1.45. The minimum absolute atomic E-state index is 0.193. The van der Waals surface area contributed by atoms with Crippen molar-refractivity contribution in [2.24, 2.45) is 5.92 Å². The van der Waals surface area contributed by atoms with Gasteiger partial charge in [0.25, 0.3) is 5.91 Å². The van der Waals surface area contributed by atoms with Gasteiger partial charge < -0.3 is 14.5 Å². The smallest absolute Gasteiger partial charge is 0.328 e. The van der Waals surface area contributed by atoms with Crippen LogP contribution >= 0.6 is 11.6 Å².